The largest absolute Gasteiger partial charge is 0.497 e. The Morgan fingerprint density at radius 1 is 1.19 bits per heavy atom. The predicted octanol–water partition coefficient (Wildman–Crippen LogP) is 3.57. The van der Waals surface area contributed by atoms with Crippen LogP contribution in [0.15, 0.2) is 48.5 Å². The Hall–Kier alpha value is -2.82. The summed E-state index contributed by atoms with van der Waals surface area (Å²) in [6.07, 6.45) is 0. The first-order chi connectivity index (χ1) is 10.2. The zero-order valence-corrected chi connectivity index (χ0v) is 11.3. The maximum Gasteiger partial charge on any atom is 0.272 e. The van der Waals surface area contributed by atoms with Gasteiger partial charge in [-0.25, -0.2) is 4.39 Å². The summed E-state index contributed by atoms with van der Waals surface area (Å²) < 4.78 is 18.2. The van der Waals surface area contributed by atoms with Gasteiger partial charge in [-0.15, -0.1) is 0 Å². The van der Waals surface area contributed by atoms with E-state index >= 15 is 0 Å². The van der Waals surface area contributed by atoms with Crippen molar-refractivity contribution in [2.24, 2.45) is 0 Å². The molecule has 0 aliphatic carbocycles. The predicted molar refractivity (Wildman–Crippen MR) is 79.2 cm³/mol. The van der Waals surface area contributed by atoms with Crippen LogP contribution in [0.25, 0.3) is 10.9 Å². The van der Waals surface area contributed by atoms with Crippen molar-refractivity contribution in [1.29, 1.82) is 0 Å². The number of amides is 1. The van der Waals surface area contributed by atoms with E-state index in [1.54, 1.807) is 25.3 Å². The Labute approximate surface area is 120 Å². The number of H-pyrrole nitrogens is 1. The number of nitrogens with one attached hydrogen (secondary N) is 2. The third kappa shape index (κ3) is 2.72. The van der Waals surface area contributed by atoms with Crippen molar-refractivity contribution in [3.05, 3.63) is 60.0 Å². The standard InChI is InChI=1S/C16H13FN2O2/c1-21-13-6-5-10-7-15(19-14(10)9-13)16(20)18-12-4-2-3-11(17)8-12/h2-9,19H,1H3,(H,18,20). The number of benzene rings is 2. The zero-order chi connectivity index (χ0) is 14.8. The molecule has 0 spiro atoms. The Morgan fingerprint density at radius 3 is 2.81 bits per heavy atom. The van der Waals surface area contributed by atoms with Crippen LogP contribution in [0.2, 0.25) is 0 Å². The van der Waals surface area contributed by atoms with E-state index in [-0.39, 0.29) is 5.91 Å². The molecule has 0 aliphatic heterocycles. The molecule has 0 saturated heterocycles. The van der Waals surface area contributed by atoms with Crippen LogP contribution in [0, 0.1) is 5.82 Å². The molecule has 21 heavy (non-hydrogen) atoms. The molecule has 3 rings (SSSR count). The van der Waals surface area contributed by atoms with Crippen LogP contribution >= 0.6 is 0 Å². The van der Waals surface area contributed by atoms with Crippen molar-refractivity contribution in [3.63, 3.8) is 0 Å². The van der Waals surface area contributed by atoms with Gasteiger partial charge in [0.25, 0.3) is 5.91 Å². The highest BCUT2D eigenvalue weighted by atomic mass is 19.1. The number of aromatic amines is 1. The van der Waals surface area contributed by atoms with Gasteiger partial charge in [0.05, 0.1) is 7.11 Å². The van der Waals surface area contributed by atoms with E-state index in [0.29, 0.717) is 17.1 Å². The molecule has 0 bridgehead atoms. The first-order valence-corrected chi connectivity index (χ1v) is 6.39. The van der Waals surface area contributed by atoms with E-state index in [1.807, 2.05) is 18.2 Å². The van der Waals surface area contributed by atoms with Gasteiger partial charge in [0.15, 0.2) is 0 Å². The molecule has 3 aromatic rings. The number of hydrogen-bond acceptors (Lipinski definition) is 2. The van der Waals surface area contributed by atoms with Gasteiger partial charge < -0.3 is 15.0 Å². The van der Waals surface area contributed by atoms with Gasteiger partial charge in [-0.3, -0.25) is 4.79 Å². The maximum absolute atomic E-state index is 13.1. The molecule has 106 valence electrons. The number of carbonyl (C=O) groups is 1. The van der Waals surface area contributed by atoms with E-state index in [0.717, 1.165) is 10.9 Å². The first kappa shape index (κ1) is 13.2. The highest BCUT2D eigenvalue weighted by Gasteiger charge is 2.10. The lowest BCUT2D eigenvalue weighted by atomic mass is 10.2. The lowest BCUT2D eigenvalue weighted by molar-refractivity contribution is 0.102. The molecule has 1 amide bonds. The van der Waals surface area contributed by atoms with Crippen molar-refractivity contribution in [2.45, 2.75) is 0 Å². The first-order valence-electron chi connectivity index (χ1n) is 6.39. The molecule has 5 heteroatoms. The third-order valence-electron chi connectivity index (χ3n) is 3.16. The summed E-state index contributed by atoms with van der Waals surface area (Å²) in [5, 5.41) is 3.55. The van der Waals surface area contributed by atoms with E-state index in [4.69, 9.17) is 4.74 Å². The quantitative estimate of drug-likeness (QED) is 0.772. The van der Waals surface area contributed by atoms with Gasteiger partial charge >= 0.3 is 0 Å². The minimum atomic E-state index is -0.394. The van der Waals surface area contributed by atoms with Crippen LogP contribution in [0.4, 0.5) is 10.1 Å². The fourth-order valence-corrected chi connectivity index (χ4v) is 2.12. The van der Waals surface area contributed by atoms with Crippen LogP contribution in [0.5, 0.6) is 5.75 Å². The summed E-state index contributed by atoms with van der Waals surface area (Å²) >= 11 is 0. The second-order valence-corrected chi connectivity index (χ2v) is 4.60. The van der Waals surface area contributed by atoms with E-state index in [9.17, 15) is 9.18 Å². The monoisotopic (exact) mass is 284 g/mol. The molecule has 0 radical (unpaired) electrons. The van der Waals surface area contributed by atoms with E-state index in [1.165, 1.54) is 12.1 Å². The van der Waals surface area contributed by atoms with Gasteiger partial charge in [0, 0.05) is 22.7 Å². The summed E-state index contributed by atoms with van der Waals surface area (Å²) in [5.74, 6) is -0.00797. The van der Waals surface area contributed by atoms with Crippen LogP contribution < -0.4 is 10.1 Å². The second-order valence-electron chi connectivity index (χ2n) is 4.60. The maximum atomic E-state index is 13.1. The summed E-state index contributed by atoms with van der Waals surface area (Å²) in [7, 11) is 1.58. The molecule has 0 atom stereocenters. The van der Waals surface area contributed by atoms with Crippen LogP contribution in [0.3, 0.4) is 0 Å². The Bertz CT molecular complexity index is 811. The zero-order valence-electron chi connectivity index (χ0n) is 11.3. The molecule has 0 unspecified atom stereocenters. The van der Waals surface area contributed by atoms with Crippen LogP contribution in [-0.4, -0.2) is 18.0 Å². The topological polar surface area (TPSA) is 54.1 Å². The molecular weight excluding hydrogens is 271 g/mol. The number of carbonyl (C=O) groups excluding carboxylic acids is 1. The number of ether oxygens (including phenoxy) is 1. The number of fused-ring (bicyclic) bond motifs is 1. The summed E-state index contributed by atoms with van der Waals surface area (Å²) in [6.45, 7) is 0. The molecule has 1 aromatic heterocycles. The van der Waals surface area contributed by atoms with Crippen molar-refractivity contribution < 1.29 is 13.9 Å². The number of halogens is 1. The molecule has 0 fully saturated rings. The third-order valence-corrected chi connectivity index (χ3v) is 3.16. The van der Waals surface area contributed by atoms with Crippen molar-refractivity contribution in [3.8, 4) is 5.75 Å². The molecule has 4 nitrogen and oxygen atoms in total. The minimum absolute atomic E-state index is 0.323. The minimum Gasteiger partial charge on any atom is -0.497 e. The van der Waals surface area contributed by atoms with Gasteiger partial charge in [0.2, 0.25) is 0 Å². The molecule has 0 saturated carbocycles. The highest BCUT2D eigenvalue weighted by molar-refractivity contribution is 6.06. The molecule has 0 aliphatic rings. The Balaban J connectivity index is 1.87. The van der Waals surface area contributed by atoms with Gasteiger partial charge in [-0.2, -0.15) is 0 Å². The van der Waals surface area contributed by atoms with E-state index in [2.05, 4.69) is 10.3 Å². The summed E-state index contributed by atoms with van der Waals surface area (Å²) in [6, 6.07) is 13.0. The van der Waals surface area contributed by atoms with Crippen molar-refractivity contribution in [1.82, 2.24) is 4.98 Å². The van der Waals surface area contributed by atoms with Crippen molar-refractivity contribution in [2.75, 3.05) is 12.4 Å². The number of methoxy groups -OCH3 is 1. The average molecular weight is 284 g/mol. The van der Waals surface area contributed by atoms with Gasteiger partial charge in [-0.1, -0.05) is 6.07 Å². The number of rotatable bonds is 3. The lowest BCUT2D eigenvalue weighted by Gasteiger charge is -2.03. The van der Waals surface area contributed by atoms with Crippen molar-refractivity contribution >= 4 is 22.5 Å². The van der Waals surface area contributed by atoms with Gasteiger partial charge in [0.1, 0.15) is 17.3 Å². The molecule has 1 heterocycles. The normalized spacial score (nSPS) is 10.6. The summed E-state index contributed by atoms with van der Waals surface area (Å²) in [5.41, 5.74) is 1.62. The molecule has 2 N–H and O–H groups in total. The number of anilines is 1. The fourth-order valence-electron chi connectivity index (χ4n) is 2.12. The average Bonchev–Trinajstić information content (AvgIpc) is 2.90. The Morgan fingerprint density at radius 2 is 2.05 bits per heavy atom. The Kier molecular flexibility index (Phi) is 3.31. The summed E-state index contributed by atoms with van der Waals surface area (Å²) in [4.78, 5) is 15.2. The molecular formula is C16H13FN2O2. The van der Waals surface area contributed by atoms with Crippen LogP contribution in [0.1, 0.15) is 10.5 Å². The van der Waals surface area contributed by atoms with Crippen LogP contribution in [-0.2, 0) is 0 Å². The number of hydrogen-bond donors (Lipinski definition) is 2. The number of aromatic nitrogens is 1. The SMILES string of the molecule is COc1ccc2cc(C(=O)Nc3cccc(F)c3)[nH]c2c1. The second kappa shape index (κ2) is 5.28. The molecule has 2 aromatic carbocycles. The fraction of sp³-hybridized carbons (Fsp3) is 0.0625. The highest BCUT2D eigenvalue weighted by Crippen LogP contribution is 2.21. The lowest BCUT2D eigenvalue weighted by Crippen LogP contribution is -2.12. The smallest absolute Gasteiger partial charge is 0.272 e. The van der Waals surface area contributed by atoms with E-state index < -0.39 is 5.82 Å². The van der Waals surface area contributed by atoms with Gasteiger partial charge in [-0.05, 0) is 36.4 Å².